The predicted molar refractivity (Wildman–Crippen MR) is 101 cm³/mol. The second-order valence-electron chi connectivity index (χ2n) is 5.63. The first-order chi connectivity index (χ1) is 12.8. The summed E-state index contributed by atoms with van der Waals surface area (Å²) in [4.78, 5) is 12.1. The molecule has 0 heterocycles. The zero-order valence-corrected chi connectivity index (χ0v) is 16.1. The molecule has 0 fully saturated rings. The van der Waals surface area contributed by atoms with Crippen LogP contribution in [0.4, 0.5) is 13.2 Å². The molecule has 1 amide bonds. The van der Waals surface area contributed by atoms with Gasteiger partial charge in [-0.3, -0.25) is 4.79 Å². The summed E-state index contributed by atoms with van der Waals surface area (Å²) in [6.07, 6.45) is -1.42. The number of unbranched alkanes of at least 4 members (excludes halogenated alkanes) is 1. The minimum absolute atomic E-state index is 0.490. The summed E-state index contributed by atoms with van der Waals surface area (Å²) in [6.45, 7) is 2.58. The fourth-order valence-corrected chi connectivity index (χ4v) is 2.61. The Bertz CT molecular complexity index is 823. The normalized spacial score (nSPS) is 11.6. The van der Waals surface area contributed by atoms with E-state index >= 15 is 0 Å². The van der Waals surface area contributed by atoms with Crippen LogP contribution in [0.1, 0.15) is 41.3 Å². The third-order valence-corrected chi connectivity index (χ3v) is 4.07. The summed E-state index contributed by atoms with van der Waals surface area (Å²) >= 11 is 3.34. The van der Waals surface area contributed by atoms with Crippen LogP contribution < -0.4 is 10.2 Å². The van der Waals surface area contributed by atoms with E-state index in [4.69, 9.17) is 4.74 Å². The Labute approximate surface area is 163 Å². The summed E-state index contributed by atoms with van der Waals surface area (Å²) in [6, 6.07) is 9.84. The molecule has 0 aliphatic carbocycles. The van der Waals surface area contributed by atoms with Gasteiger partial charge in [-0.15, -0.1) is 0 Å². The molecule has 0 spiro atoms. The van der Waals surface area contributed by atoms with Crippen LogP contribution in [0.25, 0.3) is 0 Å². The summed E-state index contributed by atoms with van der Waals surface area (Å²) in [5, 5.41) is 3.78. The van der Waals surface area contributed by atoms with Crippen LogP contribution in [0.5, 0.6) is 5.75 Å². The number of nitrogens with one attached hydrogen (secondary N) is 1. The molecule has 0 bridgehead atoms. The van der Waals surface area contributed by atoms with Crippen LogP contribution in [0.3, 0.4) is 0 Å². The maximum absolute atomic E-state index is 13.0. The molecule has 0 aliphatic heterocycles. The van der Waals surface area contributed by atoms with Crippen LogP contribution in [0.15, 0.2) is 52.0 Å². The zero-order chi connectivity index (χ0) is 19.9. The largest absolute Gasteiger partial charge is 0.493 e. The van der Waals surface area contributed by atoms with Crippen molar-refractivity contribution in [1.29, 1.82) is 0 Å². The van der Waals surface area contributed by atoms with Gasteiger partial charge in [0.2, 0.25) is 0 Å². The zero-order valence-electron chi connectivity index (χ0n) is 14.5. The highest BCUT2D eigenvalue weighted by Crippen LogP contribution is 2.31. The maximum Gasteiger partial charge on any atom is 0.417 e. The molecule has 0 aromatic heterocycles. The fourth-order valence-electron chi connectivity index (χ4n) is 2.23. The fraction of sp³-hybridized carbons (Fsp3) is 0.263. The lowest BCUT2D eigenvalue weighted by molar-refractivity contribution is -0.137. The molecule has 0 aliphatic rings. The molecule has 0 radical (unpaired) electrons. The highest BCUT2D eigenvalue weighted by Gasteiger charge is 2.34. The summed E-state index contributed by atoms with van der Waals surface area (Å²) in [7, 11) is 0. The Balaban J connectivity index is 2.14. The van der Waals surface area contributed by atoms with Gasteiger partial charge in [0, 0.05) is 10.0 Å². The van der Waals surface area contributed by atoms with Gasteiger partial charge in [0.05, 0.1) is 23.9 Å². The molecule has 144 valence electrons. The van der Waals surface area contributed by atoms with Crippen molar-refractivity contribution >= 4 is 28.1 Å². The van der Waals surface area contributed by atoms with Gasteiger partial charge in [0.25, 0.3) is 5.91 Å². The number of nitrogens with zero attached hydrogens (tertiary/aromatic N) is 1. The van der Waals surface area contributed by atoms with Gasteiger partial charge in [-0.25, -0.2) is 5.43 Å². The Morgan fingerprint density at radius 1 is 1.26 bits per heavy atom. The summed E-state index contributed by atoms with van der Waals surface area (Å²) in [5.41, 5.74) is 1.22. The quantitative estimate of drug-likeness (QED) is 0.354. The van der Waals surface area contributed by atoms with Crippen molar-refractivity contribution in [3.05, 3.63) is 63.6 Å². The Morgan fingerprint density at radius 2 is 2.00 bits per heavy atom. The second-order valence-corrected chi connectivity index (χ2v) is 6.54. The summed E-state index contributed by atoms with van der Waals surface area (Å²) in [5.74, 6) is -0.372. The number of alkyl halides is 3. The van der Waals surface area contributed by atoms with Crippen LogP contribution in [-0.4, -0.2) is 18.7 Å². The lowest BCUT2D eigenvalue weighted by Crippen LogP contribution is -2.22. The number of carbonyl (C=O) groups excluding carboxylic acids is 1. The molecule has 8 heteroatoms. The Kier molecular flexibility index (Phi) is 7.41. The van der Waals surface area contributed by atoms with E-state index in [1.807, 2.05) is 6.92 Å². The predicted octanol–water partition coefficient (Wildman–Crippen LogP) is 5.41. The van der Waals surface area contributed by atoms with E-state index in [1.165, 1.54) is 18.3 Å². The molecule has 1 N–H and O–H groups in total. The molecule has 0 atom stereocenters. The number of amides is 1. The van der Waals surface area contributed by atoms with Gasteiger partial charge in [-0.1, -0.05) is 41.4 Å². The highest BCUT2D eigenvalue weighted by atomic mass is 79.9. The minimum Gasteiger partial charge on any atom is -0.493 e. The number of hydrazone groups is 1. The summed E-state index contributed by atoms with van der Waals surface area (Å²) < 4.78 is 45.4. The van der Waals surface area contributed by atoms with E-state index in [-0.39, 0.29) is 0 Å². The van der Waals surface area contributed by atoms with E-state index in [1.54, 1.807) is 18.2 Å². The number of hydrogen-bond donors (Lipinski definition) is 1. The van der Waals surface area contributed by atoms with E-state index in [0.717, 1.165) is 29.4 Å². The molecule has 27 heavy (non-hydrogen) atoms. The number of halogens is 4. The monoisotopic (exact) mass is 442 g/mol. The van der Waals surface area contributed by atoms with Gasteiger partial charge < -0.3 is 4.74 Å². The number of rotatable bonds is 7. The average Bonchev–Trinajstić information content (AvgIpc) is 2.63. The lowest BCUT2D eigenvalue weighted by atomic mass is 10.1. The topological polar surface area (TPSA) is 50.7 Å². The molecular weight excluding hydrogens is 425 g/mol. The molecule has 4 nitrogen and oxygen atoms in total. The minimum atomic E-state index is -4.62. The molecule has 0 saturated heterocycles. The third-order valence-electron chi connectivity index (χ3n) is 3.57. The van der Waals surface area contributed by atoms with Crippen LogP contribution in [0, 0.1) is 0 Å². The average molecular weight is 443 g/mol. The van der Waals surface area contributed by atoms with Crippen molar-refractivity contribution in [2.75, 3.05) is 6.61 Å². The molecule has 2 aromatic rings. The molecule has 2 aromatic carbocycles. The van der Waals surface area contributed by atoms with Gasteiger partial charge in [0.1, 0.15) is 5.75 Å². The smallest absolute Gasteiger partial charge is 0.417 e. The van der Waals surface area contributed by atoms with Crippen LogP contribution in [0.2, 0.25) is 0 Å². The van der Waals surface area contributed by atoms with Crippen molar-refractivity contribution < 1.29 is 22.7 Å². The number of benzene rings is 2. The van der Waals surface area contributed by atoms with Crippen molar-refractivity contribution in [1.82, 2.24) is 5.43 Å². The maximum atomic E-state index is 13.0. The first-order valence-electron chi connectivity index (χ1n) is 8.25. The highest BCUT2D eigenvalue weighted by molar-refractivity contribution is 9.10. The van der Waals surface area contributed by atoms with Crippen LogP contribution in [-0.2, 0) is 6.18 Å². The van der Waals surface area contributed by atoms with Crippen molar-refractivity contribution in [3.63, 3.8) is 0 Å². The molecular formula is C19H18BrF3N2O2. The number of hydrogen-bond acceptors (Lipinski definition) is 3. The first-order valence-corrected chi connectivity index (χ1v) is 9.04. The molecule has 0 saturated carbocycles. The van der Waals surface area contributed by atoms with Gasteiger partial charge in [-0.2, -0.15) is 18.3 Å². The van der Waals surface area contributed by atoms with Gasteiger partial charge in [0.15, 0.2) is 0 Å². The van der Waals surface area contributed by atoms with E-state index in [2.05, 4.69) is 26.5 Å². The van der Waals surface area contributed by atoms with E-state index in [9.17, 15) is 18.0 Å². The molecule has 2 rings (SSSR count). The standard InChI is InChI=1S/C19H18BrF3N2O2/c1-2-3-10-27-17-9-8-14(20)11-13(17)12-24-25-18(26)15-6-4-5-7-16(15)19(21,22)23/h4-9,11-12H,2-3,10H2,1H3,(H,25,26)/b24-12+. The SMILES string of the molecule is CCCCOc1ccc(Br)cc1/C=N/NC(=O)c1ccccc1C(F)(F)F. The first kappa shape index (κ1) is 21.0. The number of carbonyl (C=O) groups is 1. The van der Waals surface area contributed by atoms with Gasteiger partial charge in [-0.05, 0) is 36.8 Å². The van der Waals surface area contributed by atoms with Crippen molar-refractivity contribution in [2.24, 2.45) is 5.10 Å². The molecule has 0 unspecified atom stereocenters. The second kappa shape index (κ2) is 9.55. The lowest BCUT2D eigenvalue weighted by Gasteiger charge is -2.11. The Morgan fingerprint density at radius 3 is 2.70 bits per heavy atom. The van der Waals surface area contributed by atoms with E-state index < -0.39 is 23.2 Å². The Hall–Kier alpha value is -2.35. The third kappa shape index (κ3) is 6.09. The van der Waals surface area contributed by atoms with Crippen molar-refractivity contribution in [2.45, 2.75) is 25.9 Å². The van der Waals surface area contributed by atoms with E-state index in [0.29, 0.717) is 17.9 Å². The number of ether oxygens (including phenoxy) is 1. The van der Waals surface area contributed by atoms with Gasteiger partial charge >= 0.3 is 6.18 Å². The van der Waals surface area contributed by atoms with Crippen molar-refractivity contribution in [3.8, 4) is 5.75 Å². The van der Waals surface area contributed by atoms with Crippen LogP contribution >= 0.6 is 15.9 Å².